The van der Waals surface area contributed by atoms with E-state index < -0.39 is 0 Å². The number of nitrogens with zero attached hydrogens (tertiary/aromatic N) is 2. The van der Waals surface area contributed by atoms with E-state index in [1.165, 1.54) is 5.56 Å². The number of rotatable bonds is 5. The van der Waals surface area contributed by atoms with Gasteiger partial charge in [0.05, 0.1) is 30.9 Å². The molecule has 0 unspecified atom stereocenters. The van der Waals surface area contributed by atoms with E-state index in [9.17, 15) is 5.11 Å². The number of aromatic nitrogens is 2. The molecule has 0 amide bonds. The smallest absolute Gasteiger partial charge is 0.173 e. The first-order valence-electron chi connectivity index (χ1n) is 8.07. The normalized spacial score (nSPS) is 16.2. The third-order valence-corrected chi connectivity index (χ3v) is 5.74. The minimum absolute atomic E-state index is 0.125. The first-order valence-corrected chi connectivity index (χ1v) is 9.05. The lowest BCUT2D eigenvalue weighted by atomic mass is 9.90. The quantitative estimate of drug-likeness (QED) is 0.723. The van der Waals surface area contributed by atoms with Gasteiger partial charge in [0, 0.05) is 16.9 Å². The molecule has 5 heteroatoms. The summed E-state index contributed by atoms with van der Waals surface area (Å²) in [5.41, 5.74) is 4.31. The molecule has 0 spiro atoms. The SMILES string of the molecule is Cc1cccc(-n2c(SCC3(CO)COC3)nc3ccccc32)c1. The predicted molar refractivity (Wildman–Crippen MR) is 96.9 cm³/mol. The molecule has 0 bridgehead atoms. The molecule has 24 heavy (non-hydrogen) atoms. The first-order chi connectivity index (χ1) is 11.7. The number of hydrogen-bond acceptors (Lipinski definition) is 4. The van der Waals surface area contributed by atoms with Crippen LogP contribution in [-0.2, 0) is 4.74 Å². The Morgan fingerprint density at radius 3 is 2.75 bits per heavy atom. The van der Waals surface area contributed by atoms with Gasteiger partial charge in [0.25, 0.3) is 0 Å². The summed E-state index contributed by atoms with van der Waals surface area (Å²) < 4.78 is 7.51. The average Bonchev–Trinajstić information content (AvgIpc) is 2.92. The molecule has 1 saturated heterocycles. The summed E-state index contributed by atoms with van der Waals surface area (Å²) in [6.45, 7) is 3.51. The van der Waals surface area contributed by atoms with Crippen LogP contribution >= 0.6 is 11.8 Å². The molecule has 1 aromatic heterocycles. The van der Waals surface area contributed by atoms with Gasteiger partial charge in [0.2, 0.25) is 0 Å². The van der Waals surface area contributed by atoms with Gasteiger partial charge in [0.1, 0.15) is 0 Å². The van der Waals surface area contributed by atoms with E-state index in [2.05, 4.69) is 41.8 Å². The summed E-state index contributed by atoms with van der Waals surface area (Å²) >= 11 is 1.69. The molecule has 4 nitrogen and oxygen atoms in total. The number of aliphatic hydroxyl groups is 1. The Labute approximate surface area is 145 Å². The molecule has 1 aliphatic heterocycles. The monoisotopic (exact) mass is 340 g/mol. The maximum atomic E-state index is 9.66. The Balaban J connectivity index is 1.75. The maximum Gasteiger partial charge on any atom is 0.173 e. The van der Waals surface area contributed by atoms with Crippen molar-refractivity contribution in [1.82, 2.24) is 9.55 Å². The minimum atomic E-state index is -0.125. The van der Waals surface area contributed by atoms with E-state index >= 15 is 0 Å². The molecule has 0 radical (unpaired) electrons. The van der Waals surface area contributed by atoms with Crippen LogP contribution in [0.25, 0.3) is 16.7 Å². The zero-order valence-electron chi connectivity index (χ0n) is 13.6. The molecular formula is C19H20N2O2S. The molecule has 4 rings (SSSR count). The van der Waals surface area contributed by atoms with Gasteiger partial charge in [-0.15, -0.1) is 0 Å². The van der Waals surface area contributed by atoms with Gasteiger partial charge >= 0.3 is 0 Å². The van der Waals surface area contributed by atoms with Gasteiger partial charge in [-0.25, -0.2) is 4.98 Å². The van der Waals surface area contributed by atoms with Crippen LogP contribution < -0.4 is 0 Å². The fraction of sp³-hybridized carbons (Fsp3) is 0.316. The van der Waals surface area contributed by atoms with Crippen LogP contribution in [0.3, 0.4) is 0 Å². The topological polar surface area (TPSA) is 47.3 Å². The summed E-state index contributed by atoms with van der Waals surface area (Å²) in [6.07, 6.45) is 0. The minimum Gasteiger partial charge on any atom is -0.396 e. The van der Waals surface area contributed by atoms with E-state index in [1.54, 1.807) is 11.8 Å². The van der Waals surface area contributed by atoms with Gasteiger partial charge in [-0.2, -0.15) is 0 Å². The zero-order chi connectivity index (χ0) is 16.6. The van der Waals surface area contributed by atoms with E-state index in [0.717, 1.165) is 27.6 Å². The highest BCUT2D eigenvalue weighted by Gasteiger charge is 2.38. The van der Waals surface area contributed by atoms with Crippen LogP contribution in [0.5, 0.6) is 0 Å². The molecule has 2 aromatic carbocycles. The van der Waals surface area contributed by atoms with Crippen LogP contribution in [0.15, 0.2) is 53.7 Å². The Morgan fingerprint density at radius 2 is 2.04 bits per heavy atom. The molecule has 0 atom stereocenters. The molecule has 3 aromatic rings. The summed E-state index contributed by atoms with van der Waals surface area (Å²) in [4.78, 5) is 4.82. The van der Waals surface area contributed by atoms with E-state index in [0.29, 0.717) is 13.2 Å². The van der Waals surface area contributed by atoms with Gasteiger partial charge in [-0.05, 0) is 36.8 Å². The highest BCUT2D eigenvalue weighted by Crippen LogP contribution is 2.36. The number of imidazole rings is 1. The number of thioether (sulfide) groups is 1. The lowest BCUT2D eigenvalue weighted by molar-refractivity contribution is -0.121. The van der Waals surface area contributed by atoms with Crippen molar-refractivity contribution in [3.05, 3.63) is 54.1 Å². The number of para-hydroxylation sites is 2. The number of fused-ring (bicyclic) bond motifs is 1. The van der Waals surface area contributed by atoms with Crippen LogP contribution in [0.2, 0.25) is 0 Å². The Hall–Kier alpha value is -1.82. The second kappa shape index (κ2) is 6.24. The van der Waals surface area contributed by atoms with Gasteiger partial charge < -0.3 is 9.84 Å². The van der Waals surface area contributed by atoms with E-state index in [4.69, 9.17) is 9.72 Å². The summed E-state index contributed by atoms with van der Waals surface area (Å²) in [6, 6.07) is 16.7. The molecule has 2 heterocycles. The average molecular weight is 340 g/mol. The standard InChI is InChI=1S/C19H20N2O2S/c1-14-5-4-6-15(9-14)21-17-8-3-2-7-16(17)20-18(21)24-13-19(10-22)11-23-12-19/h2-9,22H,10-13H2,1H3. The number of aryl methyl sites for hydroxylation is 1. The van der Waals surface area contributed by atoms with E-state index in [1.807, 2.05) is 18.2 Å². The van der Waals surface area contributed by atoms with Crippen molar-refractivity contribution in [3.8, 4) is 5.69 Å². The molecule has 0 aliphatic carbocycles. The van der Waals surface area contributed by atoms with Crippen molar-refractivity contribution >= 4 is 22.8 Å². The van der Waals surface area contributed by atoms with Crippen molar-refractivity contribution < 1.29 is 9.84 Å². The molecule has 1 fully saturated rings. The Morgan fingerprint density at radius 1 is 1.21 bits per heavy atom. The Kier molecular flexibility index (Phi) is 4.08. The lowest BCUT2D eigenvalue weighted by Crippen LogP contribution is -2.47. The predicted octanol–water partition coefficient (Wildman–Crippen LogP) is 3.43. The van der Waals surface area contributed by atoms with Gasteiger partial charge in [-0.1, -0.05) is 36.0 Å². The van der Waals surface area contributed by atoms with E-state index in [-0.39, 0.29) is 12.0 Å². The largest absolute Gasteiger partial charge is 0.396 e. The van der Waals surface area contributed by atoms with Crippen LogP contribution in [0, 0.1) is 12.3 Å². The summed E-state index contributed by atoms with van der Waals surface area (Å²) in [7, 11) is 0. The zero-order valence-corrected chi connectivity index (χ0v) is 14.4. The van der Waals surface area contributed by atoms with Crippen LogP contribution in [-0.4, -0.2) is 40.2 Å². The van der Waals surface area contributed by atoms with Gasteiger partial charge in [-0.3, -0.25) is 4.57 Å². The number of ether oxygens (including phenoxy) is 1. The third kappa shape index (κ3) is 2.73. The summed E-state index contributed by atoms with van der Waals surface area (Å²) in [5, 5.41) is 10.6. The Bertz CT molecular complexity index is 865. The number of benzene rings is 2. The second-order valence-electron chi connectivity index (χ2n) is 6.50. The number of aliphatic hydroxyl groups excluding tert-OH is 1. The highest BCUT2D eigenvalue weighted by molar-refractivity contribution is 7.99. The van der Waals surface area contributed by atoms with Crippen LogP contribution in [0.4, 0.5) is 0 Å². The lowest BCUT2D eigenvalue weighted by Gasteiger charge is -2.39. The third-order valence-electron chi connectivity index (χ3n) is 4.45. The summed E-state index contributed by atoms with van der Waals surface area (Å²) in [5.74, 6) is 0.804. The first kappa shape index (κ1) is 15.7. The number of hydrogen-bond donors (Lipinski definition) is 1. The van der Waals surface area contributed by atoms with Crippen molar-refractivity contribution in [3.63, 3.8) is 0 Å². The fourth-order valence-corrected chi connectivity index (χ4v) is 4.13. The van der Waals surface area contributed by atoms with Crippen molar-refractivity contribution in [2.75, 3.05) is 25.6 Å². The van der Waals surface area contributed by atoms with Gasteiger partial charge in [0.15, 0.2) is 5.16 Å². The van der Waals surface area contributed by atoms with Crippen molar-refractivity contribution in [2.45, 2.75) is 12.1 Å². The second-order valence-corrected chi connectivity index (χ2v) is 7.44. The molecule has 0 saturated carbocycles. The highest BCUT2D eigenvalue weighted by atomic mass is 32.2. The van der Waals surface area contributed by atoms with Crippen molar-refractivity contribution in [2.24, 2.45) is 5.41 Å². The molecule has 124 valence electrons. The molecular weight excluding hydrogens is 320 g/mol. The maximum absolute atomic E-state index is 9.66. The molecule has 1 N–H and O–H groups in total. The fourth-order valence-electron chi connectivity index (χ4n) is 2.95. The molecule has 1 aliphatic rings. The van der Waals surface area contributed by atoms with Crippen molar-refractivity contribution in [1.29, 1.82) is 0 Å². The van der Waals surface area contributed by atoms with Crippen LogP contribution in [0.1, 0.15) is 5.56 Å².